The second-order valence-electron chi connectivity index (χ2n) is 15.0. The van der Waals surface area contributed by atoms with Gasteiger partial charge in [-0.3, -0.25) is 0 Å². The molecule has 0 aromatic carbocycles. The monoisotopic (exact) mass is 490 g/mol. The lowest BCUT2D eigenvalue weighted by Gasteiger charge is -2.27. The van der Waals surface area contributed by atoms with Crippen LogP contribution < -0.4 is 5.32 Å². The van der Waals surface area contributed by atoms with Gasteiger partial charge in [-0.25, -0.2) is 0 Å². The molecule has 0 aromatic heterocycles. The van der Waals surface area contributed by atoms with E-state index in [2.05, 4.69) is 154 Å². The first-order chi connectivity index (χ1) is 14.4. The predicted octanol–water partition coefficient (Wildman–Crippen LogP) is 8.15. The van der Waals surface area contributed by atoms with Gasteiger partial charge < -0.3 is 19.9 Å². The highest BCUT2D eigenvalue weighted by Gasteiger charge is 2.12. The topological polar surface area (TPSA) is 35.6 Å². The van der Waals surface area contributed by atoms with Crippen molar-refractivity contribution >= 4 is 5.78 Å². The van der Waals surface area contributed by atoms with Crippen molar-refractivity contribution in [1.29, 1.82) is 0 Å². The first-order valence-electron chi connectivity index (χ1n) is 13.0. The quantitative estimate of drug-likeness (QED) is 0.403. The zero-order chi connectivity index (χ0) is 29.4. The lowest BCUT2D eigenvalue weighted by atomic mass is 9.91. The average molecular weight is 490 g/mol. The van der Waals surface area contributed by atoms with Gasteiger partial charge in [0.05, 0.1) is 0 Å². The molecule has 0 rings (SSSR count). The van der Waals surface area contributed by atoms with Crippen LogP contribution in [0.3, 0.4) is 0 Å². The number of carbonyl (C=O) groups is 1. The smallest absolute Gasteiger partial charge is 0.130 e. The molecule has 0 heterocycles. The summed E-state index contributed by atoms with van der Waals surface area (Å²) in [7, 11) is 10.3. The van der Waals surface area contributed by atoms with Crippen molar-refractivity contribution in [2.75, 3.05) is 35.2 Å². The van der Waals surface area contributed by atoms with E-state index in [9.17, 15) is 4.79 Å². The Hall–Kier alpha value is -0.450. The molecule has 0 bridgehead atoms. The van der Waals surface area contributed by atoms with Crippen molar-refractivity contribution in [2.24, 2.45) is 10.8 Å². The molecule has 4 nitrogen and oxygen atoms in total. The fraction of sp³-hybridized carbons (Fsp3) is 0.967. The SMILES string of the molecule is CC(=O)CC(C)(C)C.CCC(C)(C)C.CN(C)C(C)(C)C.CN(C)C(C)(C)C.CNC(C)(C)C. The normalized spacial score (nSPS) is 12.2. The zero-order valence-corrected chi connectivity index (χ0v) is 28.2. The molecule has 212 valence electrons. The van der Waals surface area contributed by atoms with Gasteiger partial charge in [0.1, 0.15) is 5.78 Å². The van der Waals surface area contributed by atoms with Crippen molar-refractivity contribution in [2.45, 2.75) is 147 Å². The van der Waals surface area contributed by atoms with Gasteiger partial charge in [0.25, 0.3) is 0 Å². The second-order valence-corrected chi connectivity index (χ2v) is 15.0. The molecule has 0 spiro atoms. The highest BCUT2D eigenvalue weighted by atomic mass is 16.1. The van der Waals surface area contributed by atoms with Crippen molar-refractivity contribution < 1.29 is 4.79 Å². The Morgan fingerprint density at radius 3 is 0.794 bits per heavy atom. The fourth-order valence-electron chi connectivity index (χ4n) is 0.747. The van der Waals surface area contributed by atoms with Gasteiger partial charge in [0.2, 0.25) is 0 Å². The standard InChI is InChI=1S/C7H14O.2C6H15N.C6H14.C5H13N/c1-6(8)5-7(2,3)4;2*1-6(2,3)7(4)5;1-5-6(2,3)4;1-5(2,3)6-4/h5H2,1-4H3;2*1-5H3;5H2,1-4H3;6H,1-4H3. The Labute approximate surface area is 219 Å². The summed E-state index contributed by atoms with van der Waals surface area (Å²) in [6.45, 7) is 36.3. The lowest BCUT2D eigenvalue weighted by Crippen LogP contribution is -2.34. The summed E-state index contributed by atoms with van der Waals surface area (Å²) < 4.78 is 0. The van der Waals surface area contributed by atoms with Crippen molar-refractivity contribution in [3.8, 4) is 0 Å². The Morgan fingerprint density at radius 2 is 0.794 bits per heavy atom. The van der Waals surface area contributed by atoms with E-state index in [4.69, 9.17) is 0 Å². The third kappa shape index (κ3) is 57.9. The van der Waals surface area contributed by atoms with Gasteiger partial charge in [-0.05, 0) is 115 Å². The summed E-state index contributed by atoms with van der Waals surface area (Å²) in [4.78, 5) is 14.8. The van der Waals surface area contributed by atoms with E-state index in [1.807, 2.05) is 7.05 Å². The number of rotatable bonds is 1. The molecule has 0 aromatic rings. The molecular formula is C30H71N3O. The lowest BCUT2D eigenvalue weighted by molar-refractivity contribution is -0.118. The van der Waals surface area contributed by atoms with E-state index < -0.39 is 0 Å². The van der Waals surface area contributed by atoms with Gasteiger partial charge in [0, 0.05) is 23.0 Å². The number of nitrogens with one attached hydrogen (secondary N) is 1. The van der Waals surface area contributed by atoms with Gasteiger partial charge in [0.15, 0.2) is 0 Å². The first-order valence-corrected chi connectivity index (χ1v) is 13.0. The predicted molar refractivity (Wildman–Crippen MR) is 160 cm³/mol. The summed E-state index contributed by atoms with van der Waals surface area (Å²) >= 11 is 0. The van der Waals surface area contributed by atoms with Crippen LogP contribution in [0.25, 0.3) is 0 Å². The van der Waals surface area contributed by atoms with Crippen LogP contribution in [0.4, 0.5) is 0 Å². The van der Waals surface area contributed by atoms with Crippen LogP contribution in [-0.4, -0.2) is 67.4 Å². The summed E-state index contributed by atoms with van der Waals surface area (Å²) in [5.74, 6) is 0.275. The van der Waals surface area contributed by atoms with E-state index in [1.165, 1.54) is 6.42 Å². The summed E-state index contributed by atoms with van der Waals surface area (Å²) in [6.07, 6.45) is 1.96. The Morgan fingerprint density at radius 1 is 0.618 bits per heavy atom. The molecular weight excluding hydrogens is 418 g/mol. The van der Waals surface area contributed by atoms with E-state index in [0.717, 1.165) is 0 Å². The molecule has 0 amide bonds. The third-order valence-electron chi connectivity index (χ3n) is 5.27. The highest BCUT2D eigenvalue weighted by molar-refractivity contribution is 5.76. The zero-order valence-electron chi connectivity index (χ0n) is 28.2. The Balaban J connectivity index is -0.000000104. The minimum Gasteiger partial charge on any atom is -0.315 e. The molecule has 4 heteroatoms. The van der Waals surface area contributed by atoms with Crippen molar-refractivity contribution in [3.63, 3.8) is 0 Å². The van der Waals surface area contributed by atoms with Crippen LogP contribution in [0.1, 0.15) is 131 Å². The average Bonchev–Trinajstić information content (AvgIpc) is 2.51. The van der Waals surface area contributed by atoms with Gasteiger partial charge >= 0.3 is 0 Å². The molecule has 34 heavy (non-hydrogen) atoms. The van der Waals surface area contributed by atoms with Crippen molar-refractivity contribution in [1.82, 2.24) is 15.1 Å². The first kappa shape index (κ1) is 43.6. The van der Waals surface area contributed by atoms with E-state index >= 15 is 0 Å². The molecule has 0 aliphatic heterocycles. The van der Waals surface area contributed by atoms with Gasteiger partial charge in [-0.2, -0.15) is 0 Å². The second kappa shape index (κ2) is 18.8. The summed E-state index contributed by atoms with van der Waals surface area (Å²) in [5.41, 5.74) is 1.67. The maximum atomic E-state index is 10.5. The Kier molecular flexibility index (Phi) is 24.1. The van der Waals surface area contributed by atoms with E-state index in [-0.39, 0.29) is 11.2 Å². The van der Waals surface area contributed by atoms with Crippen LogP contribution in [0.5, 0.6) is 0 Å². The number of hydrogen-bond donors (Lipinski definition) is 1. The number of ketones is 1. The number of carbonyl (C=O) groups excluding carboxylic acids is 1. The van der Waals surface area contributed by atoms with Gasteiger partial charge in [-0.1, -0.05) is 54.9 Å². The van der Waals surface area contributed by atoms with Crippen LogP contribution in [0.2, 0.25) is 0 Å². The van der Waals surface area contributed by atoms with Gasteiger partial charge in [-0.15, -0.1) is 0 Å². The highest BCUT2D eigenvalue weighted by Crippen LogP contribution is 2.18. The molecule has 0 aliphatic carbocycles. The maximum absolute atomic E-state index is 10.5. The molecule has 1 N–H and O–H groups in total. The number of Topliss-reactive ketones (excluding diaryl/α,β-unsaturated/α-hetero) is 1. The molecule has 0 saturated carbocycles. The minimum absolute atomic E-state index is 0.172. The van der Waals surface area contributed by atoms with Crippen LogP contribution in [-0.2, 0) is 4.79 Å². The Bertz CT molecular complexity index is 428. The molecule has 0 atom stereocenters. The van der Waals surface area contributed by atoms with Crippen LogP contribution in [0.15, 0.2) is 0 Å². The summed E-state index contributed by atoms with van der Waals surface area (Å²) in [5, 5.41) is 3.10. The molecule has 0 fully saturated rings. The van der Waals surface area contributed by atoms with Crippen LogP contribution >= 0.6 is 0 Å². The third-order valence-corrected chi connectivity index (χ3v) is 5.27. The van der Waals surface area contributed by atoms with E-state index in [0.29, 0.717) is 28.5 Å². The molecule has 0 aliphatic rings. The molecule has 0 saturated heterocycles. The molecule has 0 radical (unpaired) electrons. The largest absolute Gasteiger partial charge is 0.315 e. The summed E-state index contributed by atoms with van der Waals surface area (Å²) in [6, 6.07) is 0. The minimum atomic E-state index is 0.172. The van der Waals surface area contributed by atoms with Crippen LogP contribution in [0, 0.1) is 10.8 Å². The number of nitrogens with zero attached hydrogens (tertiary/aromatic N) is 2. The van der Waals surface area contributed by atoms with E-state index in [1.54, 1.807) is 6.92 Å². The number of hydrogen-bond acceptors (Lipinski definition) is 4. The fourth-order valence-corrected chi connectivity index (χ4v) is 0.747. The van der Waals surface area contributed by atoms with Crippen molar-refractivity contribution in [3.05, 3.63) is 0 Å². The molecule has 0 unspecified atom stereocenters. The maximum Gasteiger partial charge on any atom is 0.130 e.